The molecule has 0 radical (unpaired) electrons. The molecule has 2 aromatic carbocycles. The van der Waals surface area contributed by atoms with Crippen LogP contribution in [0.3, 0.4) is 0 Å². The third-order valence-corrected chi connectivity index (χ3v) is 6.10. The van der Waals surface area contributed by atoms with Crippen molar-refractivity contribution in [2.24, 2.45) is 5.11 Å². The fourth-order valence-corrected chi connectivity index (χ4v) is 4.43. The van der Waals surface area contributed by atoms with Crippen molar-refractivity contribution >= 4 is 17.5 Å². The molecule has 2 aliphatic heterocycles. The summed E-state index contributed by atoms with van der Waals surface area (Å²) in [5, 5.41) is 14.7. The number of piperidine rings is 1. The monoisotopic (exact) mass is 559 g/mol. The van der Waals surface area contributed by atoms with Gasteiger partial charge < -0.3 is 24.4 Å². The van der Waals surface area contributed by atoms with Crippen molar-refractivity contribution in [3.63, 3.8) is 0 Å². The molecular weight excluding hydrogens is 536 g/mol. The highest BCUT2D eigenvalue weighted by Crippen LogP contribution is 2.51. The molecule has 2 aliphatic rings. The number of anilines is 2. The van der Waals surface area contributed by atoms with E-state index in [9.17, 15) is 36.2 Å². The molecule has 39 heavy (non-hydrogen) atoms. The van der Waals surface area contributed by atoms with E-state index in [1.54, 1.807) is 20.8 Å². The van der Waals surface area contributed by atoms with E-state index in [2.05, 4.69) is 10.0 Å². The number of ether oxygens (including phenoxy) is 2. The van der Waals surface area contributed by atoms with E-state index in [4.69, 9.17) is 15.0 Å². The van der Waals surface area contributed by atoms with Crippen molar-refractivity contribution in [1.82, 2.24) is 4.90 Å². The van der Waals surface area contributed by atoms with Crippen molar-refractivity contribution in [3.8, 4) is 11.5 Å². The van der Waals surface area contributed by atoms with Gasteiger partial charge in [0.25, 0.3) is 0 Å². The quantitative estimate of drug-likeness (QED) is 0.192. The van der Waals surface area contributed by atoms with E-state index in [-0.39, 0.29) is 24.5 Å². The molecule has 0 aromatic heterocycles. The molecule has 0 spiro atoms. The summed E-state index contributed by atoms with van der Waals surface area (Å²) >= 11 is 0. The van der Waals surface area contributed by atoms with Crippen molar-refractivity contribution < 1.29 is 45.7 Å². The van der Waals surface area contributed by atoms with Gasteiger partial charge >= 0.3 is 18.4 Å². The number of aliphatic hydroxyl groups is 1. The second-order valence-corrected chi connectivity index (χ2v) is 10.0. The van der Waals surface area contributed by atoms with Gasteiger partial charge in [0.1, 0.15) is 5.60 Å². The zero-order valence-electron chi connectivity index (χ0n) is 20.8. The summed E-state index contributed by atoms with van der Waals surface area (Å²) in [5.41, 5.74) is 5.90. The van der Waals surface area contributed by atoms with E-state index in [0.29, 0.717) is 12.1 Å². The summed E-state index contributed by atoms with van der Waals surface area (Å²) in [7, 11) is 0. The van der Waals surface area contributed by atoms with Gasteiger partial charge in [0.2, 0.25) is 0 Å². The molecule has 9 nitrogen and oxygen atoms in total. The lowest BCUT2D eigenvalue weighted by Crippen LogP contribution is -2.61. The van der Waals surface area contributed by atoms with Crippen LogP contribution >= 0.6 is 0 Å². The average Bonchev–Trinajstić information content (AvgIpc) is 2.81. The number of likely N-dealkylation sites (tertiary alicyclic amines) is 1. The fraction of sp³-hybridized carbons (Fsp3) is 0.458. The number of fused-ring (bicyclic) bond motifs is 2. The van der Waals surface area contributed by atoms with Gasteiger partial charge in [-0.15, -0.1) is 0 Å². The van der Waals surface area contributed by atoms with Crippen LogP contribution in [-0.2, 0) is 17.1 Å². The number of alkyl halides is 6. The molecular formula is C24H23F6N5O4. The van der Waals surface area contributed by atoms with Gasteiger partial charge in [-0.25, -0.2) is 4.79 Å². The van der Waals surface area contributed by atoms with E-state index < -0.39 is 64.9 Å². The van der Waals surface area contributed by atoms with Crippen molar-refractivity contribution in [3.05, 3.63) is 58.0 Å². The van der Waals surface area contributed by atoms with Crippen LogP contribution in [0, 0.1) is 0 Å². The minimum Gasteiger partial charge on any atom is -0.453 e. The first-order chi connectivity index (χ1) is 18.0. The molecule has 210 valence electrons. The highest BCUT2D eigenvalue weighted by atomic mass is 19.4. The Kier molecular flexibility index (Phi) is 7.02. The van der Waals surface area contributed by atoms with Crippen LogP contribution in [0.5, 0.6) is 11.5 Å². The summed E-state index contributed by atoms with van der Waals surface area (Å²) in [6.45, 7) is 4.36. The lowest BCUT2D eigenvalue weighted by molar-refractivity contribution is -0.138. The fourth-order valence-electron chi connectivity index (χ4n) is 4.43. The lowest BCUT2D eigenvalue weighted by atomic mass is 9.94. The molecule has 1 amide bonds. The molecule has 3 atom stereocenters. The van der Waals surface area contributed by atoms with Crippen molar-refractivity contribution in [1.29, 1.82) is 0 Å². The summed E-state index contributed by atoms with van der Waals surface area (Å²) in [4.78, 5) is 18.1. The summed E-state index contributed by atoms with van der Waals surface area (Å²) in [6.07, 6.45) is -11.8. The normalized spacial score (nSPS) is 21.3. The van der Waals surface area contributed by atoms with E-state index in [1.807, 2.05) is 0 Å². The van der Waals surface area contributed by atoms with E-state index in [0.717, 1.165) is 29.2 Å². The number of halogens is 6. The maximum absolute atomic E-state index is 13.4. The smallest absolute Gasteiger partial charge is 0.416 e. The van der Waals surface area contributed by atoms with Crippen molar-refractivity contribution in [2.45, 2.75) is 56.9 Å². The zero-order chi connectivity index (χ0) is 28.9. The first kappa shape index (κ1) is 28.2. The van der Waals surface area contributed by atoms with Crippen LogP contribution in [0.15, 0.2) is 41.5 Å². The summed E-state index contributed by atoms with van der Waals surface area (Å²) in [6, 6.07) is 2.51. The zero-order valence-corrected chi connectivity index (χ0v) is 20.8. The Morgan fingerprint density at radius 2 is 1.51 bits per heavy atom. The van der Waals surface area contributed by atoms with Crippen molar-refractivity contribution in [2.75, 3.05) is 18.0 Å². The van der Waals surface area contributed by atoms with Gasteiger partial charge in [-0.1, -0.05) is 5.11 Å². The molecule has 4 rings (SSSR count). The topological polar surface area (TPSA) is 111 Å². The average molecular weight is 559 g/mol. The second kappa shape index (κ2) is 9.72. The number of nitrogens with zero attached hydrogens (tertiary/aromatic N) is 5. The number of hydrogen-bond acceptors (Lipinski definition) is 6. The molecule has 0 saturated carbocycles. The van der Waals surface area contributed by atoms with E-state index >= 15 is 0 Å². The van der Waals surface area contributed by atoms with Crippen LogP contribution < -0.4 is 9.64 Å². The number of azide groups is 1. The largest absolute Gasteiger partial charge is 0.453 e. The molecule has 0 bridgehead atoms. The maximum atomic E-state index is 13.4. The highest BCUT2D eigenvalue weighted by Gasteiger charge is 2.45. The molecule has 1 fully saturated rings. The molecule has 0 aliphatic carbocycles. The number of hydrogen-bond donors (Lipinski definition) is 1. The van der Waals surface area contributed by atoms with Crippen LogP contribution in [0.2, 0.25) is 0 Å². The van der Waals surface area contributed by atoms with E-state index in [1.165, 1.54) is 4.90 Å². The second-order valence-electron chi connectivity index (χ2n) is 10.0. The first-order valence-corrected chi connectivity index (χ1v) is 11.6. The van der Waals surface area contributed by atoms with Crippen LogP contribution in [-0.4, -0.2) is 53.0 Å². The first-order valence-electron chi connectivity index (χ1n) is 11.6. The number of rotatable bonds is 2. The minimum absolute atomic E-state index is 0.00923. The molecule has 1 N–H and O–H groups in total. The van der Waals surface area contributed by atoms with Crippen LogP contribution in [0.1, 0.15) is 31.9 Å². The summed E-state index contributed by atoms with van der Waals surface area (Å²) in [5.74, 6) is -0.836. The predicted molar refractivity (Wildman–Crippen MR) is 126 cm³/mol. The van der Waals surface area contributed by atoms with Gasteiger partial charge in [-0.2, -0.15) is 26.3 Å². The SMILES string of the molecule is CC(C)(C)OC(=O)N1CC(N=[N+]=[N-])[C@H](O)[C@@H](N2c3ccc(C(F)(F)F)cc3Oc3cc(C(F)(F)F)ccc32)C1. The molecule has 2 aromatic rings. The standard InChI is InChI=1S/C24H23F6N5O4/c1-22(2,3)39-21(37)34-10-14(32-33-31)20(36)17(11-34)35-15-6-4-12(23(25,26)27)8-18(15)38-19-9-13(24(28,29)30)5-7-16(19)35/h4-9,14,17,20,36H,10-11H2,1-3H3/t14?,17-,20-/m0/s1. The number of amides is 1. The maximum Gasteiger partial charge on any atom is 0.416 e. The summed E-state index contributed by atoms with van der Waals surface area (Å²) < 4.78 is 91.5. The van der Waals surface area contributed by atoms with Gasteiger partial charge in [0.15, 0.2) is 11.5 Å². The highest BCUT2D eigenvalue weighted by molar-refractivity contribution is 5.80. The third-order valence-electron chi connectivity index (χ3n) is 6.10. The molecule has 2 heterocycles. The Morgan fingerprint density at radius 3 is 1.95 bits per heavy atom. The van der Waals surface area contributed by atoms with Crippen LogP contribution in [0.25, 0.3) is 10.4 Å². The van der Waals surface area contributed by atoms with Crippen LogP contribution in [0.4, 0.5) is 42.5 Å². The number of aliphatic hydroxyl groups excluding tert-OH is 1. The Hall–Kier alpha value is -3.84. The Morgan fingerprint density at radius 1 is 1.00 bits per heavy atom. The van der Waals surface area contributed by atoms with Gasteiger partial charge in [-0.05, 0) is 62.7 Å². The van der Waals surface area contributed by atoms with Gasteiger partial charge in [0, 0.05) is 18.0 Å². The Bertz CT molecular complexity index is 1260. The molecule has 1 unspecified atom stereocenters. The Balaban J connectivity index is 1.86. The molecule has 1 saturated heterocycles. The number of benzene rings is 2. The predicted octanol–water partition coefficient (Wildman–Crippen LogP) is 6.63. The molecule has 15 heteroatoms. The van der Waals surface area contributed by atoms with Gasteiger partial charge in [0.05, 0.1) is 40.7 Å². The minimum atomic E-state index is -4.78. The third kappa shape index (κ3) is 5.78. The number of carbonyl (C=O) groups is 1. The lowest BCUT2D eigenvalue weighted by Gasteiger charge is -2.47. The van der Waals surface area contributed by atoms with Gasteiger partial charge in [-0.3, -0.25) is 0 Å². The Labute approximate surface area is 218 Å². The number of carbonyl (C=O) groups excluding carboxylic acids is 1.